The van der Waals surface area contributed by atoms with Crippen molar-refractivity contribution in [3.05, 3.63) is 22.3 Å². The van der Waals surface area contributed by atoms with Crippen molar-refractivity contribution >= 4 is 63.5 Å². The van der Waals surface area contributed by atoms with Crippen molar-refractivity contribution in [3.8, 4) is 0 Å². The van der Waals surface area contributed by atoms with Gasteiger partial charge in [-0.3, -0.25) is 24.1 Å². The predicted octanol–water partition coefficient (Wildman–Crippen LogP) is 0.117. The van der Waals surface area contributed by atoms with Crippen LogP contribution in [-0.4, -0.2) is 80.6 Å². The summed E-state index contributed by atoms with van der Waals surface area (Å²) < 4.78 is 4.99. The maximum absolute atomic E-state index is 12.9. The molecule has 1 aromatic rings. The number of carboxylic acids is 1. The molecule has 0 aliphatic carbocycles. The van der Waals surface area contributed by atoms with E-state index in [4.69, 9.17) is 15.3 Å². The highest BCUT2D eigenvalue weighted by Crippen LogP contribution is 2.40. The lowest BCUT2D eigenvalue weighted by molar-refractivity contribution is -0.150. The fraction of sp³-hybridized carbons (Fsp3) is 0.450. The van der Waals surface area contributed by atoms with Crippen LogP contribution in [0, 0.1) is 0 Å². The van der Waals surface area contributed by atoms with E-state index in [1.54, 1.807) is 0 Å². The van der Waals surface area contributed by atoms with Gasteiger partial charge in [-0.2, -0.15) is 0 Å². The molecule has 3 rings (SSSR count). The second-order valence-corrected chi connectivity index (χ2v) is 9.50. The van der Waals surface area contributed by atoms with Crippen molar-refractivity contribution in [1.29, 1.82) is 0 Å². The minimum atomic E-state index is -1.38. The van der Waals surface area contributed by atoms with Crippen LogP contribution in [0.25, 0.3) is 0 Å². The Morgan fingerprint density at radius 3 is 2.71 bits per heavy atom. The van der Waals surface area contributed by atoms with Crippen LogP contribution in [0.15, 0.2) is 21.8 Å². The second kappa shape index (κ2) is 11.3. The number of nitrogens with zero attached hydrogens (tertiary/aromatic N) is 3. The Balaban J connectivity index is 1.74. The number of nitrogens with two attached hydrogens (primary N) is 1. The first-order valence-corrected chi connectivity index (χ1v) is 12.3. The van der Waals surface area contributed by atoms with Crippen molar-refractivity contribution in [2.45, 2.75) is 38.1 Å². The number of amides is 2. The van der Waals surface area contributed by atoms with Crippen LogP contribution in [-0.2, 0) is 33.5 Å². The zero-order chi connectivity index (χ0) is 25.7. The first-order valence-electron chi connectivity index (χ1n) is 10.4. The fourth-order valence-corrected chi connectivity index (χ4v) is 5.10. The number of hydrogen-bond acceptors (Lipinski definition) is 12. The van der Waals surface area contributed by atoms with Gasteiger partial charge in [0.25, 0.3) is 11.8 Å². The van der Waals surface area contributed by atoms with Crippen LogP contribution in [0.5, 0.6) is 0 Å². The number of rotatable bonds is 11. The predicted molar refractivity (Wildman–Crippen MR) is 125 cm³/mol. The number of esters is 1. The van der Waals surface area contributed by atoms with Gasteiger partial charge in [0.15, 0.2) is 10.8 Å². The molecule has 188 valence electrons. The van der Waals surface area contributed by atoms with Crippen molar-refractivity contribution in [1.82, 2.24) is 15.2 Å². The summed E-state index contributed by atoms with van der Waals surface area (Å²) >= 11 is 2.31. The molecule has 0 bridgehead atoms. The first-order chi connectivity index (χ1) is 16.6. The van der Waals surface area contributed by atoms with Gasteiger partial charge in [0, 0.05) is 16.7 Å². The number of aliphatic carboxylic acids is 1. The molecule has 0 aromatic carbocycles. The molecular formula is C20H23N5O8S2. The van der Waals surface area contributed by atoms with E-state index in [-0.39, 0.29) is 52.6 Å². The number of hydrogen-bond donors (Lipinski definition) is 3. The number of fused-ring (bicyclic) bond motifs is 1. The van der Waals surface area contributed by atoms with Gasteiger partial charge in [-0.1, -0.05) is 12.1 Å². The fourth-order valence-electron chi connectivity index (χ4n) is 3.23. The molecule has 2 atom stereocenters. The molecule has 2 aliphatic rings. The number of oxime groups is 1. The number of anilines is 1. The SMILES string of the molecule is CCCO/N=C(\C(=O)N[C@@H]1C(=O)N2C(C(=O)O)=C(COC(=O)CC(C)=O)CS[C@@H]12)c1csc(N)n1. The number of aromatic nitrogens is 1. The number of ketones is 1. The van der Waals surface area contributed by atoms with Crippen LogP contribution >= 0.6 is 23.1 Å². The van der Waals surface area contributed by atoms with E-state index in [1.807, 2.05) is 6.92 Å². The average molecular weight is 526 g/mol. The zero-order valence-electron chi connectivity index (χ0n) is 18.8. The number of thioether (sulfide) groups is 1. The van der Waals surface area contributed by atoms with E-state index >= 15 is 0 Å². The highest BCUT2D eigenvalue weighted by Gasteiger charge is 2.54. The van der Waals surface area contributed by atoms with Gasteiger partial charge in [-0.25, -0.2) is 9.78 Å². The minimum Gasteiger partial charge on any atom is -0.477 e. The van der Waals surface area contributed by atoms with Gasteiger partial charge in [-0.15, -0.1) is 23.1 Å². The zero-order valence-corrected chi connectivity index (χ0v) is 20.4. The summed E-state index contributed by atoms with van der Waals surface area (Å²) in [5.41, 5.74) is 5.57. The van der Waals surface area contributed by atoms with Crippen molar-refractivity contribution in [2.24, 2.45) is 5.16 Å². The number of carbonyl (C=O) groups excluding carboxylic acids is 4. The van der Waals surface area contributed by atoms with Crippen LogP contribution < -0.4 is 11.1 Å². The van der Waals surface area contributed by atoms with Gasteiger partial charge >= 0.3 is 11.9 Å². The largest absolute Gasteiger partial charge is 0.477 e. The molecule has 13 nitrogen and oxygen atoms in total. The first kappa shape index (κ1) is 26.2. The number of nitrogen functional groups attached to an aromatic ring is 1. The van der Waals surface area contributed by atoms with Gasteiger partial charge in [0.2, 0.25) is 0 Å². The van der Waals surface area contributed by atoms with E-state index in [0.717, 1.165) is 16.2 Å². The number of carbonyl (C=O) groups is 5. The third-order valence-corrected chi connectivity index (χ3v) is 6.78. The molecule has 0 unspecified atom stereocenters. The molecule has 2 aliphatic heterocycles. The Kier molecular flexibility index (Phi) is 8.45. The Bertz CT molecular complexity index is 1110. The smallest absolute Gasteiger partial charge is 0.352 e. The Hall–Kier alpha value is -3.46. The van der Waals surface area contributed by atoms with E-state index in [0.29, 0.717) is 6.42 Å². The van der Waals surface area contributed by atoms with Gasteiger partial charge in [0.05, 0.1) is 0 Å². The van der Waals surface area contributed by atoms with Crippen LogP contribution in [0.3, 0.4) is 0 Å². The highest BCUT2D eigenvalue weighted by molar-refractivity contribution is 8.00. The summed E-state index contributed by atoms with van der Waals surface area (Å²) in [5.74, 6) is -3.79. The molecule has 15 heteroatoms. The van der Waals surface area contributed by atoms with Gasteiger partial charge in [0.1, 0.15) is 48.2 Å². The number of carboxylic acid groups (broad SMARTS) is 1. The summed E-state index contributed by atoms with van der Waals surface area (Å²) in [6, 6.07) is -1.02. The highest BCUT2D eigenvalue weighted by atomic mass is 32.2. The number of nitrogens with one attached hydrogen (secondary N) is 1. The summed E-state index contributed by atoms with van der Waals surface area (Å²) in [7, 11) is 0. The van der Waals surface area contributed by atoms with E-state index in [9.17, 15) is 29.1 Å². The molecule has 3 heterocycles. The second-order valence-electron chi connectivity index (χ2n) is 7.50. The van der Waals surface area contributed by atoms with E-state index < -0.39 is 41.6 Å². The molecule has 0 saturated carbocycles. The molecule has 1 saturated heterocycles. The lowest BCUT2D eigenvalue weighted by Crippen LogP contribution is -2.71. The Morgan fingerprint density at radius 2 is 2.11 bits per heavy atom. The molecule has 1 aromatic heterocycles. The summed E-state index contributed by atoms with van der Waals surface area (Å²) in [4.78, 5) is 70.6. The molecule has 0 radical (unpaired) electrons. The Morgan fingerprint density at radius 1 is 1.37 bits per heavy atom. The van der Waals surface area contributed by atoms with Crippen molar-refractivity contribution < 1.29 is 38.7 Å². The number of Topliss-reactive ketones (excluding diaryl/α,β-unsaturated/α-hetero) is 1. The number of ether oxygens (including phenoxy) is 1. The maximum atomic E-state index is 12.9. The topological polar surface area (TPSA) is 191 Å². The number of thiazole rings is 1. The normalized spacial score (nSPS) is 19.5. The molecule has 4 N–H and O–H groups in total. The van der Waals surface area contributed by atoms with E-state index in [1.165, 1.54) is 24.1 Å². The molecule has 1 fully saturated rings. The lowest BCUT2D eigenvalue weighted by atomic mass is 10.0. The van der Waals surface area contributed by atoms with Gasteiger partial charge < -0.3 is 25.7 Å². The molecular weight excluding hydrogens is 502 g/mol. The minimum absolute atomic E-state index is 0.138. The van der Waals surface area contributed by atoms with Crippen LogP contribution in [0.2, 0.25) is 0 Å². The number of β-lactam (4-membered cyclic amide) rings is 1. The third kappa shape index (κ3) is 5.97. The van der Waals surface area contributed by atoms with Crippen molar-refractivity contribution in [2.75, 3.05) is 24.7 Å². The monoisotopic (exact) mass is 525 g/mol. The Labute approximate surface area is 207 Å². The molecule has 0 spiro atoms. The average Bonchev–Trinajstić information content (AvgIpc) is 3.23. The quantitative estimate of drug-likeness (QED) is 0.0888. The standard InChI is InChI=1S/C20H23N5O8S2/c1-3-4-33-24-13(11-8-35-20(21)22-11)16(28)23-14-17(29)25-15(19(30)31)10(7-34-18(14)25)6-32-12(27)5-9(2)26/h8,14,18H,3-7H2,1-2H3,(H2,21,22)(H,23,28)(H,30,31)/b24-13-/t14-,18+/m1/s1. The summed E-state index contributed by atoms with van der Waals surface area (Å²) in [6.45, 7) is 2.99. The summed E-state index contributed by atoms with van der Waals surface area (Å²) in [5, 5.41) is 17.2. The van der Waals surface area contributed by atoms with Gasteiger partial charge in [-0.05, 0) is 13.3 Å². The maximum Gasteiger partial charge on any atom is 0.352 e. The summed E-state index contributed by atoms with van der Waals surface area (Å²) in [6.07, 6.45) is 0.224. The van der Waals surface area contributed by atoms with Crippen LogP contribution in [0.4, 0.5) is 5.13 Å². The lowest BCUT2D eigenvalue weighted by Gasteiger charge is -2.49. The molecule has 35 heavy (non-hydrogen) atoms. The van der Waals surface area contributed by atoms with Crippen LogP contribution in [0.1, 0.15) is 32.4 Å². The third-order valence-electron chi connectivity index (χ3n) is 4.77. The molecule has 2 amide bonds. The van der Waals surface area contributed by atoms with E-state index in [2.05, 4.69) is 15.5 Å². The van der Waals surface area contributed by atoms with Crippen molar-refractivity contribution in [3.63, 3.8) is 0 Å².